The summed E-state index contributed by atoms with van der Waals surface area (Å²) in [6.45, 7) is 3.98. The van der Waals surface area contributed by atoms with Gasteiger partial charge in [0.2, 0.25) is 0 Å². The summed E-state index contributed by atoms with van der Waals surface area (Å²) in [4.78, 5) is 28.5. The first-order valence-corrected chi connectivity index (χ1v) is 14.4. The summed E-state index contributed by atoms with van der Waals surface area (Å²) in [5, 5.41) is 0. The summed E-state index contributed by atoms with van der Waals surface area (Å²) in [5.41, 5.74) is 12.6. The molecule has 1 aromatic carbocycles. The van der Waals surface area contributed by atoms with E-state index >= 15 is 0 Å². The molecule has 0 unspecified atom stereocenters. The molecule has 0 aliphatic carbocycles. The summed E-state index contributed by atoms with van der Waals surface area (Å²) in [6.07, 6.45) is 3.58. The lowest BCUT2D eigenvalue weighted by molar-refractivity contribution is 1.17. The second kappa shape index (κ2) is 11.8. The second-order valence-corrected chi connectivity index (χ2v) is 10.6. The van der Waals surface area contributed by atoms with Crippen molar-refractivity contribution in [2.45, 2.75) is 13.8 Å². The molecule has 0 saturated carbocycles. The van der Waals surface area contributed by atoms with Crippen LogP contribution >= 0.6 is 0 Å². The van der Waals surface area contributed by atoms with Crippen LogP contribution in [0.3, 0.4) is 0 Å². The molecule has 0 saturated heterocycles. The molecule has 0 aliphatic rings. The maximum absolute atomic E-state index is 4.95. The average molecular weight is 569 g/mol. The van der Waals surface area contributed by atoms with Gasteiger partial charge in [0.05, 0.1) is 45.6 Å². The molecule has 0 radical (unpaired) electrons. The molecule has 6 heterocycles. The van der Waals surface area contributed by atoms with Crippen LogP contribution in [0.4, 0.5) is 0 Å². The maximum atomic E-state index is 4.95. The van der Waals surface area contributed by atoms with E-state index in [0.717, 1.165) is 79.2 Å². The lowest BCUT2D eigenvalue weighted by atomic mass is 9.98. The molecule has 44 heavy (non-hydrogen) atoms. The van der Waals surface area contributed by atoms with Crippen molar-refractivity contribution in [1.82, 2.24) is 29.9 Å². The predicted octanol–water partition coefficient (Wildman–Crippen LogP) is 8.68. The van der Waals surface area contributed by atoms with Gasteiger partial charge in [-0.3, -0.25) is 19.9 Å². The van der Waals surface area contributed by atoms with Crippen LogP contribution in [0.25, 0.3) is 67.8 Å². The molecule has 0 spiro atoms. The van der Waals surface area contributed by atoms with Crippen molar-refractivity contribution >= 4 is 0 Å². The first kappa shape index (κ1) is 27.0. The van der Waals surface area contributed by atoms with E-state index in [1.807, 2.05) is 86.6 Å². The molecule has 6 nitrogen and oxygen atoms in total. The third kappa shape index (κ3) is 5.74. The Morgan fingerprint density at radius 2 is 0.705 bits per heavy atom. The van der Waals surface area contributed by atoms with E-state index < -0.39 is 0 Å². The zero-order chi connectivity index (χ0) is 29.9. The van der Waals surface area contributed by atoms with E-state index in [2.05, 4.69) is 58.5 Å². The zero-order valence-electron chi connectivity index (χ0n) is 24.4. The molecular weight excluding hydrogens is 540 g/mol. The van der Waals surface area contributed by atoms with Crippen molar-refractivity contribution in [2.24, 2.45) is 0 Å². The number of benzene rings is 1. The van der Waals surface area contributed by atoms with Gasteiger partial charge in [0.1, 0.15) is 0 Å². The topological polar surface area (TPSA) is 77.3 Å². The van der Waals surface area contributed by atoms with Crippen molar-refractivity contribution in [1.29, 1.82) is 0 Å². The highest BCUT2D eigenvalue weighted by atomic mass is 14.8. The van der Waals surface area contributed by atoms with Gasteiger partial charge in [-0.2, -0.15) is 0 Å². The van der Waals surface area contributed by atoms with Crippen LogP contribution in [-0.2, 0) is 0 Å². The third-order valence-corrected chi connectivity index (χ3v) is 7.36. The van der Waals surface area contributed by atoms with Gasteiger partial charge in [0, 0.05) is 23.8 Å². The third-order valence-electron chi connectivity index (χ3n) is 7.36. The monoisotopic (exact) mass is 568 g/mol. The van der Waals surface area contributed by atoms with Gasteiger partial charge in [-0.15, -0.1) is 0 Å². The molecule has 0 fully saturated rings. The molecule has 7 aromatic rings. The van der Waals surface area contributed by atoms with Gasteiger partial charge >= 0.3 is 0 Å². The second-order valence-electron chi connectivity index (χ2n) is 10.6. The molecule has 0 atom stereocenters. The Kier molecular flexibility index (Phi) is 7.22. The quantitative estimate of drug-likeness (QED) is 0.200. The minimum absolute atomic E-state index is 0.801. The van der Waals surface area contributed by atoms with Crippen LogP contribution in [0.1, 0.15) is 11.4 Å². The summed E-state index contributed by atoms with van der Waals surface area (Å²) >= 11 is 0. The fourth-order valence-electron chi connectivity index (χ4n) is 5.17. The van der Waals surface area contributed by atoms with E-state index in [9.17, 15) is 0 Å². The Morgan fingerprint density at radius 3 is 1.07 bits per heavy atom. The molecule has 0 bridgehead atoms. The number of nitrogens with zero attached hydrogens (tertiary/aromatic N) is 6. The Hall–Kier alpha value is -5.88. The van der Waals surface area contributed by atoms with Crippen LogP contribution in [-0.4, -0.2) is 29.9 Å². The minimum atomic E-state index is 0.801. The van der Waals surface area contributed by atoms with Crippen molar-refractivity contribution in [2.75, 3.05) is 0 Å². The average Bonchev–Trinajstić information content (AvgIpc) is 3.09. The number of hydrogen-bond donors (Lipinski definition) is 0. The number of aromatic nitrogens is 6. The summed E-state index contributed by atoms with van der Waals surface area (Å²) < 4.78 is 0. The highest BCUT2D eigenvalue weighted by Gasteiger charge is 2.13. The number of rotatable bonds is 6. The lowest BCUT2D eigenvalue weighted by Gasteiger charge is -2.12. The Morgan fingerprint density at radius 1 is 0.318 bits per heavy atom. The van der Waals surface area contributed by atoms with E-state index in [0.29, 0.717) is 0 Å². The highest BCUT2D eigenvalue weighted by Crippen LogP contribution is 2.33. The molecule has 6 heteroatoms. The predicted molar refractivity (Wildman–Crippen MR) is 175 cm³/mol. The number of pyridine rings is 6. The van der Waals surface area contributed by atoms with E-state index in [1.54, 1.807) is 12.4 Å². The lowest BCUT2D eigenvalue weighted by Crippen LogP contribution is -1.95. The maximum Gasteiger partial charge on any atom is 0.0900 e. The molecule has 0 N–H and O–H groups in total. The molecule has 210 valence electrons. The van der Waals surface area contributed by atoms with Gasteiger partial charge in [-0.25, -0.2) is 9.97 Å². The Bertz CT molecular complexity index is 1920. The summed E-state index contributed by atoms with van der Waals surface area (Å²) in [6, 6.07) is 40.7. The standard InChI is InChI=1S/C38H28N6/c1-25-9-7-13-33(41-25)37-23-29(21-35(43-37)31-11-3-5-19-39-31)27-15-17-28(18-16-27)30-22-36(32-12-4-6-20-40-32)44-38(24-30)34-14-8-10-26(2)42-34/h3-24H,1-2H3. The van der Waals surface area contributed by atoms with Gasteiger partial charge in [0.25, 0.3) is 0 Å². The van der Waals surface area contributed by atoms with Gasteiger partial charge in [0.15, 0.2) is 0 Å². The zero-order valence-corrected chi connectivity index (χ0v) is 24.4. The van der Waals surface area contributed by atoms with Gasteiger partial charge < -0.3 is 0 Å². The first-order valence-electron chi connectivity index (χ1n) is 14.4. The molecule has 0 aliphatic heterocycles. The molecule has 0 amide bonds. The smallest absolute Gasteiger partial charge is 0.0900 e. The van der Waals surface area contributed by atoms with Crippen molar-refractivity contribution in [3.05, 3.63) is 145 Å². The van der Waals surface area contributed by atoms with Crippen LogP contribution < -0.4 is 0 Å². The number of hydrogen-bond acceptors (Lipinski definition) is 6. The van der Waals surface area contributed by atoms with Crippen molar-refractivity contribution < 1.29 is 0 Å². The number of aryl methyl sites for hydroxylation is 2. The fourth-order valence-corrected chi connectivity index (χ4v) is 5.17. The largest absolute Gasteiger partial charge is 0.255 e. The van der Waals surface area contributed by atoms with Crippen molar-refractivity contribution in [3.8, 4) is 67.8 Å². The molecule has 7 rings (SSSR count). The van der Waals surface area contributed by atoms with E-state index in [4.69, 9.17) is 19.9 Å². The molecule has 6 aromatic heterocycles. The summed E-state index contributed by atoms with van der Waals surface area (Å²) in [5.74, 6) is 0. The van der Waals surface area contributed by atoms with Gasteiger partial charge in [-0.05, 0) is 109 Å². The van der Waals surface area contributed by atoms with E-state index in [-0.39, 0.29) is 0 Å². The highest BCUT2D eigenvalue weighted by molar-refractivity contribution is 5.79. The minimum Gasteiger partial charge on any atom is -0.255 e. The first-order chi connectivity index (χ1) is 21.6. The Labute approximate surface area is 256 Å². The van der Waals surface area contributed by atoms with Gasteiger partial charge in [-0.1, -0.05) is 48.5 Å². The summed E-state index contributed by atoms with van der Waals surface area (Å²) in [7, 11) is 0. The van der Waals surface area contributed by atoms with Crippen LogP contribution in [0.15, 0.2) is 134 Å². The van der Waals surface area contributed by atoms with E-state index in [1.165, 1.54) is 0 Å². The van der Waals surface area contributed by atoms with Crippen molar-refractivity contribution in [3.63, 3.8) is 0 Å². The normalized spacial score (nSPS) is 11.0. The van der Waals surface area contributed by atoms with Crippen LogP contribution in [0.5, 0.6) is 0 Å². The SMILES string of the molecule is Cc1cccc(-c2cc(-c3ccc(-c4cc(-c5ccccn5)nc(-c5cccc(C)n5)c4)cc3)cc(-c3ccccn3)n2)n1. The molecular formula is C38H28N6. The fraction of sp³-hybridized carbons (Fsp3) is 0.0526. The van der Waals surface area contributed by atoms with Crippen LogP contribution in [0, 0.1) is 13.8 Å². The van der Waals surface area contributed by atoms with Crippen LogP contribution in [0.2, 0.25) is 0 Å². The Balaban J connectivity index is 1.31.